The van der Waals surface area contributed by atoms with Gasteiger partial charge in [-0.15, -0.1) is 6.58 Å². The third-order valence-corrected chi connectivity index (χ3v) is 2.65. The minimum Gasteiger partial charge on any atom is -0.481 e. The Morgan fingerprint density at radius 1 is 1.75 bits per heavy atom. The molecule has 1 saturated heterocycles. The number of hydrogen-bond acceptors (Lipinski definition) is 3. The Morgan fingerprint density at radius 3 is 3.00 bits per heavy atom. The second-order valence-corrected chi connectivity index (χ2v) is 4.21. The number of nitrogens with one attached hydrogen (secondary N) is 1. The highest BCUT2D eigenvalue weighted by atomic mass is 16.4. The highest BCUT2D eigenvalue weighted by Gasteiger charge is 2.31. The van der Waals surface area contributed by atoms with Crippen molar-refractivity contribution in [1.82, 2.24) is 10.2 Å². The van der Waals surface area contributed by atoms with E-state index in [2.05, 4.69) is 11.9 Å². The Kier molecular flexibility index (Phi) is 4.49. The first-order valence-corrected chi connectivity index (χ1v) is 5.39. The van der Waals surface area contributed by atoms with Crippen molar-refractivity contribution in [3.05, 3.63) is 12.7 Å². The van der Waals surface area contributed by atoms with Gasteiger partial charge in [0.15, 0.2) is 0 Å². The van der Waals surface area contributed by atoms with Crippen molar-refractivity contribution >= 4 is 11.9 Å². The maximum atomic E-state index is 11.7. The van der Waals surface area contributed by atoms with Crippen LogP contribution in [0.1, 0.15) is 13.3 Å². The van der Waals surface area contributed by atoms with Gasteiger partial charge in [0.05, 0.1) is 12.5 Å². The summed E-state index contributed by atoms with van der Waals surface area (Å²) in [5.41, 5.74) is 0. The van der Waals surface area contributed by atoms with E-state index in [0.29, 0.717) is 25.6 Å². The fourth-order valence-corrected chi connectivity index (χ4v) is 1.91. The normalized spacial score (nSPS) is 26.9. The van der Waals surface area contributed by atoms with Crippen LogP contribution in [-0.2, 0) is 9.59 Å². The molecule has 1 heterocycles. The van der Waals surface area contributed by atoms with Gasteiger partial charge < -0.3 is 10.4 Å². The van der Waals surface area contributed by atoms with Crippen LogP contribution in [0.2, 0.25) is 0 Å². The molecule has 0 aromatic heterocycles. The molecular weight excluding hydrogens is 208 g/mol. The molecule has 16 heavy (non-hydrogen) atoms. The van der Waals surface area contributed by atoms with Gasteiger partial charge in [-0.05, 0) is 5.92 Å². The summed E-state index contributed by atoms with van der Waals surface area (Å²) in [6, 6.07) is -0.583. The molecule has 0 radical (unpaired) electrons. The van der Waals surface area contributed by atoms with E-state index in [-0.39, 0.29) is 12.3 Å². The van der Waals surface area contributed by atoms with Crippen LogP contribution in [-0.4, -0.2) is 47.6 Å². The SMILES string of the molecule is C=CCN1CC(C)CNC(=O)C1CC(=O)O. The van der Waals surface area contributed by atoms with E-state index in [4.69, 9.17) is 5.11 Å². The second kappa shape index (κ2) is 5.65. The standard InChI is InChI=1S/C11H18N2O3/c1-3-4-13-7-8(2)6-12-11(16)9(13)5-10(14)15/h3,8-9H,1,4-7H2,2H3,(H,12,16)(H,14,15). The number of aliphatic carboxylic acids is 1. The number of rotatable bonds is 4. The highest BCUT2D eigenvalue weighted by molar-refractivity contribution is 5.86. The van der Waals surface area contributed by atoms with E-state index in [9.17, 15) is 9.59 Å². The van der Waals surface area contributed by atoms with Gasteiger partial charge >= 0.3 is 5.97 Å². The molecule has 1 fully saturated rings. The van der Waals surface area contributed by atoms with E-state index in [1.165, 1.54) is 0 Å². The Balaban J connectivity index is 2.80. The molecule has 1 aliphatic rings. The molecule has 1 aliphatic heterocycles. The molecule has 2 N–H and O–H groups in total. The highest BCUT2D eigenvalue weighted by Crippen LogP contribution is 2.12. The largest absolute Gasteiger partial charge is 0.481 e. The summed E-state index contributed by atoms with van der Waals surface area (Å²) in [4.78, 5) is 24.3. The smallest absolute Gasteiger partial charge is 0.305 e. The number of nitrogens with zero attached hydrogens (tertiary/aromatic N) is 1. The predicted molar refractivity (Wildman–Crippen MR) is 60.0 cm³/mol. The molecule has 0 saturated carbocycles. The van der Waals surface area contributed by atoms with E-state index < -0.39 is 12.0 Å². The molecule has 5 nitrogen and oxygen atoms in total. The zero-order valence-corrected chi connectivity index (χ0v) is 9.48. The number of carboxylic acid groups (broad SMARTS) is 1. The van der Waals surface area contributed by atoms with Crippen molar-refractivity contribution in [2.75, 3.05) is 19.6 Å². The molecule has 0 aromatic carbocycles. The van der Waals surface area contributed by atoms with Gasteiger partial charge in [0.1, 0.15) is 0 Å². The van der Waals surface area contributed by atoms with Crippen LogP contribution in [0.15, 0.2) is 12.7 Å². The van der Waals surface area contributed by atoms with Gasteiger partial charge in [0.2, 0.25) is 5.91 Å². The fraction of sp³-hybridized carbons (Fsp3) is 0.636. The molecule has 0 aromatic rings. The first-order valence-electron chi connectivity index (χ1n) is 5.39. The van der Waals surface area contributed by atoms with Crippen molar-refractivity contribution < 1.29 is 14.7 Å². The molecule has 2 atom stereocenters. The monoisotopic (exact) mass is 226 g/mol. The van der Waals surface area contributed by atoms with Crippen LogP contribution in [0.5, 0.6) is 0 Å². The van der Waals surface area contributed by atoms with Crippen molar-refractivity contribution in [2.24, 2.45) is 5.92 Å². The van der Waals surface area contributed by atoms with E-state index in [1.54, 1.807) is 6.08 Å². The van der Waals surface area contributed by atoms with Crippen molar-refractivity contribution in [3.63, 3.8) is 0 Å². The maximum absolute atomic E-state index is 11.7. The predicted octanol–water partition coefficient (Wildman–Crippen LogP) is 0.0836. The molecule has 1 amide bonds. The zero-order valence-electron chi connectivity index (χ0n) is 9.48. The summed E-state index contributed by atoms with van der Waals surface area (Å²) in [5, 5.41) is 11.6. The van der Waals surface area contributed by atoms with E-state index >= 15 is 0 Å². The number of hydrogen-bond donors (Lipinski definition) is 2. The topological polar surface area (TPSA) is 69.6 Å². The maximum Gasteiger partial charge on any atom is 0.305 e. The van der Waals surface area contributed by atoms with Gasteiger partial charge in [0, 0.05) is 19.6 Å². The summed E-state index contributed by atoms with van der Waals surface area (Å²) in [7, 11) is 0. The fourth-order valence-electron chi connectivity index (χ4n) is 1.91. The lowest BCUT2D eigenvalue weighted by molar-refractivity contribution is -0.141. The zero-order chi connectivity index (χ0) is 12.1. The Morgan fingerprint density at radius 2 is 2.44 bits per heavy atom. The summed E-state index contributed by atoms with van der Waals surface area (Å²) in [6.07, 6.45) is 1.53. The average molecular weight is 226 g/mol. The van der Waals surface area contributed by atoms with Crippen molar-refractivity contribution in [1.29, 1.82) is 0 Å². The molecule has 0 bridgehead atoms. The summed E-state index contributed by atoms with van der Waals surface area (Å²) in [5.74, 6) is -0.833. The van der Waals surface area contributed by atoms with Gasteiger partial charge in [-0.2, -0.15) is 0 Å². The van der Waals surface area contributed by atoms with Gasteiger partial charge in [-0.3, -0.25) is 14.5 Å². The van der Waals surface area contributed by atoms with E-state index in [0.717, 1.165) is 0 Å². The lowest BCUT2D eigenvalue weighted by Gasteiger charge is -2.26. The summed E-state index contributed by atoms with van der Waals surface area (Å²) in [6.45, 7) is 7.50. The number of carbonyl (C=O) groups excluding carboxylic acids is 1. The second-order valence-electron chi connectivity index (χ2n) is 4.21. The van der Waals surface area contributed by atoms with Crippen LogP contribution in [0.4, 0.5) is 0 Å². The molecule has 0 spiro atoms. The average Bonchev–Trinajstić information content (AvgIpc) is 2.32. The third-order valence-electron chi connectivity index (χ3n) is 2.65. The molecule has 2 unspecified atom stereocenters. The third kappa shape index (κ3) is 3.34. The summed E-state index contributed by atoms with van der Waals surface area (Å²) < 4.78 is 0. The van der Waals surface area contributed by atoms with Gasteiger partial charge in [0.25, 0.3) is 0 Å². The molecule has 90 valence electrons. The van der Waals surface area contributed by atoms with Crippen molar-refractivity contribution in [2.45, 2.75) is 19.4 Å². The Labute approximate surface area is 95.1 Å². The molecule has 0 aliphatic carbocycles. The van der Waals surface area contributed by atoms with Crippen LogP contribution in [0, 0.1) is 5.92 Å². The van der Waals surface area contributed by atoms with Crippen LogP contribution in [0.3, 0.4) is 0 Å². The van der Waals surface area contributed by atoms with Crippen LogP contribution < -0.4 is 5.32 Å². The van der Waals surface area contributed by atoms with Gasteiger partial charge in [-0.1, -0.05) is 13.0 Å². The number of carboxylic acids is 1. The first-order chi connectivity index (χ1) is 7.54. The Bertz CT molecular complexity index is 291. The molecule has 5 heteroatoms. The minimum absolute atomic E-state index is 0.160. The summed E-state index contributed by atoms with van der Waals surface area (Å²) >= 11 is 0. The quantitative estimate of drug-likeness (QED) is 0.666. The van der Waals surface area contributed by atoms with Crippen LogP contribution >= 0.6 is 0 Å². The molecule has 1 rings (SSSR count). The van der Waals surface area contributed by atoms with E-state index in [1.807, 2.05) is 11.8 Å². The lowest BCUT2D eigenvalue weighted by Crippen LogP contribution is -2.45. The first kappa shape index (κ1) is 12.7. The van der Waals surface area contributed by atoms with Crippen molar-refractivity contribution in [3.8, 4) is 0 Å². The number of amides is 1. The lowest BCUT2D eigenvalue weighted by atomic mass is 10.1. The minimum atomic E-state index is -0.955. The number of carbonyl (C=O) groups is 2. The van der Waals surface area contributed by atoms with Crippen LogP contribution in [0.25, 0.3) is 0 Å². The molecular formula is C11H18N2O3. The van der Waals surface area contributed by atoms with Gasteiger partial charge in [-0.25, -0.2) is 0 Å². The Hall–Kier alpha value is -1.36.